The number of carbonyl (C=O) groups excluding carboxylic acids is 3. The number of benzene rings is 1. The summed E-state index contributed by atoms with van der Waals surface area (Å²) in [6.45, 7) is 5.98. The number of aliphatic carboxylic acids is 1. The minimum Gasteiger partial charge on any atom is -0.480 e. The summed E-state index contributed by atoms with van der Waals surface area (Å²) in [5.74, 6) is -2.33. The highest BCUT2D eigenvalue weighted by Crippen LogP contribution is 2.74. The molecule has 0 aliphatic carbocycles. The average Bonchev–Trinajstić information content (AvgIpc) is 3.04. The molecule has 3 N–H and O–H groups in total. The molecule has 0 bridgehead atoms. The SMILES string of the molecule is CC1(C)[C@H](C(=O)O)N2C(=O)C[C@H]2S1(CO)C(=O)N(CC(=O)N1CCN(CCO)CC1)Cc1ccccc1. The first-order valence-corrected chi connectivity index (χ1v) is 14.3. The Bertz CT molecular complexity index is 1050. The summed E-state index contributed by atoms with van der Waals surface area (Å²) in [6.07, 6.45) is 0.00871. The summed E-state index contributed by atoms with van der Waals surface area (Å²) < 4.78 is -1.20. The molecule has 12 heteroatoms. The van der Waals surface area contributed by atoms with Gasteiger partial charge in [-0.25, -0.2) is 4.79 Å². The van der Waals surface area contributed by atoms with E-state index in [1.54, 1.807) is 18.7 Å². The molecule has 0 radical (unpaired) electrons. The zero-order chi connectivity index (χ0) is 27.0. The molecule has 3 heterocycles. The van der Waals surface area contributed by atoms with Gasteiger partial charge in [-0.1, -0.05) is 30.3 Å². The fourth-order valence-electron chi connectivity index (χ4n) is 5.84. The molecule has 204 valence electrons. The minimum atomic E-state index is -2.78. The molecule has 0 spiro atoms. The lowest BCUT2D eigenvalue weighted by atomic mass is 9.98. The normalized spacial score (nSPS) is 28.7. The smallest absolute Gasteiger partial charge is 0.327 e. The second kappa shape index (κ2) is 10.6. The van der Waals surface area contributed by atoms with Crippen molar-refractivity contribution in [3.8, 4) is 0 Å². The summed E-state index contributed by atoms with van der Waals surface area (Å²) in [6, 6.07) is 7.99. The third-order valence-electron chi connectivity index (χ3n) is 7.98. The second-order valence-corrected chi connectivity index (χ2v) is 14.1. The van der Waals surface area contributed by atoms with Gasteiger partial charge in [-0.2, -0.15) is 0 Å². The van der Waals surface area contributed by atoms with Gasteiger partial charge in [-0.15, -0.1) is 10.0 Å². The number of carboxylic acid groups (broad SMARTS) is 1. The number of aliphatic hydroxyl groups excluding tert-OH is 2. The number of nitrogens with zero attached hydrogens (tertiary/aromatic N) is 4. The predicted octanol–water partition coefficient (Wildman–Crippen LogP) is 0.303. The van der Waals surface area contributed by atoms with Crippen LogP contribution in [-0.2, 0) is 20.9 Å². The van der Waals surface area contributed by atoms with Gasteiger partial charge in [0.05, 0.1) is 24.3 Å². The highest BCUT2D eigenvalue weighted by atomic mass is 32.3. The molecule has 4 rings (SSSR count). The molecule has 3 fully saturated rings. The van der Waals surface area contributed by atoms with Crippen molar-refractivity contribution < 1.29 is 34.5 Å². The zero-order valence-corrected chi connectivity index (χ0v) is 22.1. The van der Waals surface area contributed by atoms with Gasteiger partial charge in [0, 0.05) is 44.0 Å². The maximum absolute atomic E-state index is 14.4. The van der Waals surface area contributed by atoms with Crippen LogP contribution in [0.25, 0.3) is 0 Å². The quantitative estimate of drug-likeness (QED) is 0.403. The monoisotopic (exact) mass is 536 g/mol. The molecule has 3 aliphatic rings. The predicted molar refractivity (Wildman–Crippen MR) is 138 cm³/mol. The lowest BCUT2D eigenvalue weighted by Crippen LogP contribution is -2.57. The Balaban J connectivity index is 1.64. The van der Waals surface area contributed by atoms with Gasteiger partial charge in [-0.05, 0) is 19.4 Å². The number of aliphatic hydroxyl groups is 2. The van der Waals surface area contributed by atoms with Crippen LogP contribution >= 0.6 is 10.0 Å². The molecule has 1 unspecified atom stereocenters. The second-order valence-electron chi connectivity index (χ2n) is 10.3. The molecule has 3 aliphatic heterocycles. The Labute approximate surface area is 217 Å². The number of rotatable bonds is 8. The molecular weight excluding hydrogens is 500 g/mol. The Morgan fingerprint density at radius 2 is 1.73 bits per heavy atom. The van der Waals surface area contributed by atoms with Crippen LogP contribution in [0.1, 0.15) is 25.8 Å². The van der Waals surface area contributed by atoms with Gasteiger partial charge in [0.1, 0.15) is 12.6 Å². The first-order valence-electron chi connectivity index (χ1n) is 12.5. The number of amides is 3. The third kappa shape index (κ3) is 4.60. The molecule has 3 amide bonds. The van der Waals surface area contributed by atoms with E-state index in [0.29, 0.717) is 32.7 Å². The summed E-state index contributed by atoms with van der Waals surface area (Å²) in [5.41, 5.74) is 0.802. The van der Waals surface area contributed by atoms with E-state index in [9.17, 15) is 34.5 Å². The van der Waals surface area contributed by atoms with Crippen molar-refractivity contribution in [2.75, 3.05) is 51.8 Å². The minimum absolute atomic E-state index is 0.00871. The number of piperazine rings is 1. The summed E-state index contributed by atoms with van der Waals surface area (Å²) in [4.78, 5) is 58.9. The summed E-state index contributed by atoms with van der Waals surface area (Å²) in [7, 11) is -2.78. The molecule has 11 nitrogen and oxygen atoms in total. The molecule has 37 heavy (non-hydrogen) atoms. The molecular formula is C25H36N4O7S. The van der Waals surface area contributed by atoms with E-state index in [-0.39, 0.29) is 37.9 Å². The van der Waals surface area contributed by atoms with Gasteiger partial charge in [0.2, 0.25) is 11.8 Å². The van der Waals surface area contributed by atoms with Crippen molar-refractivity contribution in [2.24, 2.45) is 0 Å². The average molecular weight is 537 g/mol. The zero-order valence-electron chi connectivity index (χ0n) is 21.3. The van der Waals surface area contributed by atoms with Crippen LogP contribution in [0.5, 0.6) is 0 Å². The first-order chi connectivity index (χ1) is 17.6. The summed E-state index contributed by atoms with van der Waals surface area (Å²) in [5, 5.41) is 28.8. The molecule has 0 aromatic heterocycles. The molecule has 1 aromatic rings. The van der Waals surface area contributed by atoms with Crippen LogP contribution < -0.4 is 0 Å². The molecule has 3 saturated heterocycles. The number of carboxylic acids is 1. The van der Waals surface area contributed by atoms with Crippen LogP contribution in [0.3, 0.4) is 0 Å². The van der Waals surface area contributed by atoms with Crippen LogP contribution in [0, 0.1) is 0 Å². The number of β-amino-alcohol motifs (C(OH)–C–C–N with tert-alkyl or cyclic N) is 1. The standard InChI is InChI=1S/C25H36N4O7S/c1-25(2)22(23(34)35)29-19(32)14-21(29)37(25,17-31)24(36)28(15-18-6-4-3-5-7-18)16-20(33)27-10-8-26(9-11-27)12-13-30/h3-7,21-22,30-31H,8-17H2,1-2H3,(H,34,35)/t21-,22+/m1/s1. The third-order valence-corrected chi connectivity index (χ3v) is 12.7. The van der Waals surface area contributed by atoms with Crippen LogP contribution in [0.4, 0.5) is 4.79 Å². The van der Waals surface area contributed by atoms with E-state index in [2.05, 4.69) is 4.90 Å². The number of carbonyl (C=O) groups is 4. The van der Waals surface area contributed by atoms with E-state index in [4.69, 9.17) is 0 Å². The van der Waals surface area contributed by atoms with Crippen molar-refractivity contribution in [3.05, 3.63) is 35.9 Å². The maximum Gasteiger partial charge on any atom is 0.327 e. The topological polar surface area (TPSA) is 142 Å². The van der Waals surface area contributed by atoms with Crippen molar-refractivity contribution in [1.82, 2.24) is 19.6 Å². The van der Waals surface area contributed by atoms with Crippen LogP contribution in [-0.4, -0.2) is 126 Å². The van der Waals surface area contributed by atoms with E-state index >= 15 is 0 Å². The number of hydrogen-bond acceptors (Lipinski definition) is 7. The largest absolute Gasteiger partial charge is 0.480 e. The number of hydrogen-bond donors (Lipinski definition) is 3. The van der Waals surface area contributed by atoms with E-state index in [1.807, 2.05) is 30.3 Å². The first kappa shape index (κ1) is 27.4. The lowest BCUT2D eigenvalue weighted by molar-refractivity contribution is -0.157. The molecule has 0 saturated carbocycles. The maximum atomic E-state index is 14.4. The van der Waals surface area contributed by atoms with Gasteiger partial charge >= 0.3 is 5.97 Å². The Morgan fingerprint density at radius 1 is 1.08 bits per heavy atom. The number of β-lactam (4-membered cyclic amide) rings is 1. The van der Waals surface area contributed by atoms with Gasteiger partial charge in [-0.3, -0.25) is 19.3 Å². The molecule has 3 atom stereocenters. The van der Waals surface area contributed by atoms with Crippen LogP contribution in [0.15, 0.2) is 30.3 Å². The Hall–Kier alpha value is -2.67. The van der Waals surface area contributed by atoms with Gasteiger partial charge in [0.15, 0.2) is 0 Å². The van der Waals surface area contributed by atoms with Crippen LogP contribution in [0.2, 0.25) is 0 Å². The van der Waals surface area contributed by atoms with Crippen molar-refractivity contribution >= 4 is 33.1 Å². The van der Waals surface area contributed by atoms with Gasteiger partial charge in [0.25, 0.3) is 5.24 Å². The van der Waals surface area contributed by atoms with Crippen molar-refractivity contribution in [1.29, 1.82) is 0 Å². The van der Waals surface area contributed by atoms with Gasteiger partial charge < -0.3 is 30.0 Å². The highest BCUT2D eigenvalue weighted by Gasteiger charge is 2.72. The number of fused-ring (bicyclic) bond motifs is 1. The van der Waals surface area contributed by atoms with Crippen molar-refractivity contribution in [2.45, 2.75) is 43.0 Å². The van der Waals surface area contributed by atoms with E-state index in [0.717, 1.165) is 5.56 Å². The van der Waals surface area contributed by atoms with E-state index in [1.165, 1.54) is 9.80 Å². The fraction of sp³-hybridized carbons (Fsp3) is 0.600. The van der Waals surface area contributed by atoms with E-state index < -0.39 is 43.3 Å². The Kier molecular flexibility index (Phi) is 7.84. The fourth-order valence-corrected chi connectivity index (χ4v) is 10.1. The Morgan fingerprint density at radius 3 is 2.24 bits per heavy atom. The highest BCUT2D eigenvalue weighted by molar-refractivity contribution is 8.46. The molecule has 1 aromatic carbocycles. The summed E-state index contributed by atoms with van der Waals surface area (Å²) >= 11 is 0. The van der Waals surface area contributed by atoms with Crippen molar-refractivity contribution in [3.63, 3.8) is 0 Å². The lowest BCUT2D eigenvalue weighted by Gasteiger charge is -2.51.